The van der Waals surface area contributed by atoms with Crippen LogP contribution in [-0.2, 0) is 0 Å². The van der Waals surface area contributed by atoms with Crippen molar-refractivity contribution in [3.05, 3.63) is 47.4 Å². The van der Waals surface area contributed by atoms with E-state index in [1.54, 1.807) is 20.0 Å². The SMILES string of the molecule is Cc1nn(-c2nncc3ccccc23)c(C)c1C(=O)O. The summed E-state index contributed by atoms with van der Waals surface area (Å²) in [6.45, 7) is 3.39. The molecular weight excluding hydrogens is 256 g/mol. The normalized spacial score (nSPS) is 10.9. The predicted octanol–water partition coefficient (Wildman–Crippen LogP) is 2.13. The number of fused-ring (bicyclic) bond motifs is 1. The number of aromatic nitrogens is 4. The van der Waals surface area contributed by atoms with Crippen molar-refractivity contribution >= 4 is 16.7 Å². The van der Waals surface area contributed by atoms with Crippen molar-refractivity contribution in [2.24, 2.45) is 0 Å². The Hall–Kier alpha value is -2.76. The molecule has 0 fully saturated rings. The average molecular weight is 268 g/mol. The van der Waals surface area contributed by atoms with Crippen LogP contribution in [0.1, 0.15) is 21.7 Å². The third-order valence-corrected chi connectivity index (χ3v) is 3.26. The zero-order chi connectivity index (χ0) is 14.3. The van der Waals surface area contributed by atoms with Gasteiger partial charge in [0.2, 0.25) is 0 Å². The molecule has 0 bridgehead atoms. The third-order valence-electron chi connectivity index (χ3n) is 3.26. The van der Waals surface area contributed by atoms with Gasteiger partial charge in [0.25, 0.3) is 0 Å². The Bertz CT molecular complexity index is 818. The van der Waals surface area contributed by atoms with E-state index in [1.165, 1.54) is 4.68 Å². The topological polar surface area (TPSA) is 80.9 Å². The van der Waals surface area contributed by atoms with Gasteiger partial charge in [0.1, 0.15) is 5.56 Å². The van der Waals surface area contributed by atoms with Gasteiger partial charge in [0, 0.05) is 10.8 Å². The number of rotatable bonds is 2. The summed E-state index contributed by atoms with van der Waals surface area (Å²) >= 11 is 0. The Kier molecular flexibility index (Phi) is 2.71. The summed E-state index contributed by atoms with van der Waals surface area (Å²) in [6, 6.07) is 7.66. The van der Waals surface area contributed by atoms with Gasteiger partial charge in [0.05, 0.1) is 17.6 Å². The highest BCUT2D eigenvalue weighted by molar-refractivity contribution is 5.91. The van der Waals surface area contributed by atoms with Gasteiger partial charge in [-0.25, -0.2) is 9.48 Å². The van der Waals surface area contributed by atoms with Crippen LogP contribution in [0.15, 0.2) is 30.5 Å². The molecule has 0 radical (unpaired) electrons. The number of hydrogen-bond acceptors (Lipinski definition) is 4. The van der Waals surface area contributed by atoms with Crippen molar-refractivity contribution in [3.63, 3.8) is 0 Å². The van der Waals surface area contributed by atoms with Gasteiger partial charge in [-0.3, -0.25) is 0 Å². The van der Waals surface area contributed by atoms with Crippen molar-refractivity contribution in [2.75, 3.05) is 0 Å². The molecule has 0 amide bonds. The Morgan fingerprint density at radius 3 is 2.70 bits per heavy atom. The van der Waals surface area contributed by atoms with Crippen LogP contribution in [0.25, 0.3) is 16.6 Å². The summed E-state index contributed by atoms with van der Waals surface area (Å²) in [5.41, 5.74) is 1.21. The van der Waals surface area contributed by atoms with Gasteiger partial charge in [-0.2, -0.15) is 10.2 Å². The number of hydrogen-bond donors (Lipinski definition) is 1. The molecule has 100 valence electrons. The van der Waals surface area contributed by atoms with Crippen LogP contribution in [0.5, 0.6) is 0 Å². The van der Waals surface area contributed by atoms with E-state index in [0.29, 0.717) is 17.2 Å². The van der Waals surface area contributed by atoms with Crippen LogP contribution in [0.4, 0.5) is 0 Å². The number of benzene rings is 1. The quantitative estimate of drug-likeness (QED) is 0.770. The zero-order valence-corrected chi connectivity index (χ0v) is 11.0. The fourth-order valence-electron chi connectivity index (χ4n) is 2.33. The van der Waals surface area contributed by atoms with Crippen LogP contribution < -0.4 is 0 Å². The number of carbonyl (C=O) groups is 1. The van der Waals surface area contributed by atoms with Crippen molar-refractivity contribution in [1.82, 2.24) is 20.0 Å². The van der Waals surface area contributed by atoms with E-state index in [0.717, 1.165) is 10.8 Å². The second-order valence-electron chi connectivity index (χ2n) is 4.52. The molecule has 2 aromatic heterocycles. The number of aryl methyl sites for hydroxylation is 1. The summed E-state index contributed by atoms with van der Waals surface area (Å²) in [7, 11) is 0. The maximum absolute atomic E-state index is 11.3. The number of nitrogens with zero attached hydrogens (tertiary/aromatic N) is 4. The second-order valence-corrected chi connectivity index (χ2v) is 4.52. The molecule has 0 atom stereocenters. The van der Waals surface area contributed by atoms with Crippen LogP contribution in [0.3, 0.4) is 0 Å². The molecular formula is C14H12N4O2. The van der Waals surface area contributed by atoms with Gasteiger partial charge >= 0.3 is 5.97 Å². The van der Waals surface area contributed by atoms with Crippen molar-refractivity contribution in [3.8, 4) is 5.82 Å². The molecule has 0 aliphatic carbocycles. The lowest BCUT2D eigenvalue weighted by Crippen LogP contribution is -2.05. The molecule has 0 saturated heterocycles. The summed E-state index contributed by atoms with van der Waals surface area (Å²) in [6.07, 6.45) is 1.67. The Balaban J connectivity index is 2.32. The Labute approximate surface area is 114 Å². The lowest BCUT2D eigenvalue weighted by atomic mass is 10.2. The van der Waals surface area contributed by atoms with Gasteiger partial charge in [0.15, 0.2) is 5.82 Å². The number of carboxylic acid groups (broad SMARTS) is 1. The van der Waals surface area contributed by atoms with Crippen LogP contribution in [-0.4, -0.2) is 31.1 Å². The minimum absolute atomic E-state index is 0.208. The molecule has 0 saturated carbocycles. The molecule has 2 heterocycles. The number of carboxylic acids is 1. The van der Waals surface area contributed by atoms with E-state index in [4.69, 9.17) is 0 Å². The molecule has 0 spiro atoms. The molecule has 1 N–H and O–H groups in total. The second kappa shape index (κ2) is 4.41. The molecule has 0 aliphatic rings. The van der Waals surface area contributed by atoms with Crippen molar-refractivity contribution in [2.45, 2.75) is 13.8 Å². The lowest BCUT2D eigenvalue weighted by molar-refractivity contribution is 0.0695. The smallest absolute Gasteiger partial charge is 0.339 e. The van der Waals surface area contributed by atoms with E-state index in [2.05, 4.69) is 15.3 Å². The molecule has 0 unspecified atom stereocenters. The van der Waals surface area contributed by atoms with Gasteiger partial charge in [-0.15, -0.1) is 5.10 Å². The van der Waals surface area contributed by atoms with Crippen LogP contribution in [0.2, 0.25) is 0 Å². The van der Waals surface area contributed by atoms with Crippen molar-refractivity contribution in [1.29, 1.82) is 0 Å². The van der Waals surface area contributed by atoms with Gasteiger partial charge in [-0.05, 0) is 13.8 Å². The summed E-state index contributed by atoms with van der Waals surface area (Å²) in [5, 5.41) is 23.4. The zero-order valence-electron chi connectivity index (χ0n) is 11.0. The molecule has 1 aromatic carbocycles. The molecule has 0 aliphatic heterocycles. The fourth-order valence-corrected chi connectivity index (χ4v) is 2.33. The minimum atomic E-state index is -0.987. The maximum atomic E-state index is 11.3. The fraction of sp³-hybridized carbons (Fsp3) is 0.143. The first-order chi connectivity index (χ1) is 9.59. The Morgan fingerprint density at radius 2 is 2.00 bits per heavy atom. The largest absolute Gasteiger partial charge is 0.478 e. The summed E-state index contributed by atoms with van der Waals surface area (Å²) in [4.78, 5) is 11.3. The van der Waals surface area contributed by atoms with Gasteiger partial charge in [-0.1, -0.05) is 24.3 Å². The first-order valence-electron chi connectivity index (χ1n) is 6.10. The van der Waals surface area contributed by atoms with Crippen LogP contribution in [0, 0.1) is 13.8 Å². The van der Waals surface area contributed by atoms with E-state index in [1.807, 2.05) is 24.3 Å². The first-order valence-corrected chi connectivity index (χ1v) is 6.10. The molecule has 20 heavy (non-hydrogen) atoms. The van der Waals surface area contributed by atoms with E-state index < -0.39 is 5.97 Å². The highest BCUT2D eigenvalue weighted by atomic mass is 16.4. The van der Waals surface area contributed by atoms with Crippen molar-refractivity contribution < 1.29 is 9.90 Å². The molecule has 6 heteroatoms. The molecule has 6 nitrogen and oxygen atoms in total. The maximum Gasteiger partial charge on any atom is 0.339 e. The van der Waals surface area contributed by atoms with Gasteiger partial charge < -0.3 is 5.11 Å². The van der Waals surface area contributed by atoms with E-state index >= 15 is 0 Å². The Morgan fingerprint density at radius 1 is 1.25 bits per heavy atom. The highest BCUT2D eigenvalue weighted by Gasteiger charge is 2.20. The minimum Gasteiger partial charge on any atom is -0.478 e. The predicted molar refractivity (Wildman–Crippen MR) is 73.1 cm³/mol. The average Bonchev–Trinajstić information content (AvgIpc) is 2.73. The summed E-state index contributed by atoms with van der Waals surface area (Å²) < 4.78 is 1.54. The highest BCUT2D eigenvalue weighted by Crippen LogP contribution is 2.22. The molecule has 3 rings (SSSR count). The standard InChI is InChI=1S/C14H12N4O2/c1-8-12(14(19)20)9(2)18(17-8)13-11-6-4-3-5-10(11)7-15-16-13/h3-7H,1-2H3,(H,19,20). The van der Waals surface area contributed by atoms with E-state index in [9.17, 15) is 9.90 Å². The van der Waals surface area contributed by atoms with E-state index in [-0.39, 0.29) is 5.56 Å². The monoisotopic (exact) mass is 268 g/mol. The molecule has 3 aromatic rings. The lowest BCUT2D eigenvalue weighted by Gasteiger charge is -2.06. The third kappa shape index (κ3) is 1.73. The van der Waals surface area contributed by atoms with Crippen LogP contribution >= 0.6 is 0 Å². The summed E-state index contributed by atoms with van der Waals surface area (Å²) in [5.74, 6) is -0.448. The first kappa shape index (κ1) is 12.3. The number of aromatic carboxylic acids is 1.